The SMILES string of the molecule is CCCCOC(=O)[C@@H]1[C@@H](O)[C@H](O)[C@@H](O)CN1CCCC.O=C(O)CCN1C[C@H](O)[C@@H](O)[C@H](O)[C@H]1CO.O=C(O)CN1C[C@@H](O)[C@H](O)[C@H]1CO.O=C(O)CN1C[C@H](O)[C@@H](O)[C@H](O)[C@H]1CO.O=C(O)[C@@H]1[C@@H](O)[C@H](O)[C@@H](O)CN1CCO. The second-order valence-corrected chi connectivity index (χ2v) is 19.6. The van der Waals surface area contributed by atoms with Crippen LogP contribution in [0.1, 0.15) is 46.0 Å². The number of aliphatic hydroxyl groups is 18. The predicted octanol–water partition coefficient (Wildman–Crippen LogP) is -11.8. The van der Waals surface area contributed by atoms with Gasteiger partial charge in [0, 0.05) is 45.8 Å². The maximum absolute atomic E-state index is 12.1. The highest BCUT2D eigenvalue weighted by atomic mass is 16.5. The normalized spacial score (nSPS) is 35.4. The van der Waals surface area contributed by atoms with Crippen LogP contribution in [0.3, 0.4) is 0 Å². The monoisotopic (exact) mass is 1160 g/mol. The lowest BCUT2D eigenvalue weighted by Crippen LogP contribution is -2.64. The van der Waals surface area contributed by atoms with Gasteiger partial charge >= 0.3 is 29.8 Å². The molecule has 0 spiro atoms. The molecule has 79 heavy (non-hydrogen) atoms. The minimum Gasteiger partial charge on any atom is -0.481 e. The van der Waals surface area contributed by atoms with Gasteiger partial charge in [0.1, 0.15) is 60.9 Å². The van der Waals surface area contributed by atoms with Crippen LogP contribution < -0.4 is 0 Å². The summed E-state index contributed by atoms with van der Waals surface area (Å²) in [6.07, 6.45) is -14.2. The summed E-state index contributed by atoms with van der Waals surface area (Å²) in [5.41, 5.74) is 0. The van der Waals surface area contributed by atoms with Gasteiger partial charge in [-0.3, -0.25) is 48.5 Å². The zero-order chi connectivity index (χ0) is 60.6. The van der Waals surface area contributed by atoms with Gasteiger partial charge in [-0.25, -0.2) is 0 Å². The molecule has 0 aromatic carbocycles. The van der Waals surface area contributed by atoms with E-state index < -0.39 is 165 Å². The maximum atomic E-state index is 12.1. The number of aliphatic carboxylic acids is 4. The van der Waals surface area contributed by atoms with Crippen molar-refractivity contribution < 1.29 is 141 Å². The molecule has 33 nitrogen and oxygen atoms in total. The van der Waals surface area contributed by atoms with Gasteiger partial charge in [-0.15, -0.1) is 0 Å². The van der Waals surface area contributed by atoms with E-state index in [2.05, 4.69) is 0 Å². The first-order chi connectivity index (χ1) is 37.0. The number of unbranched alkanes of at least 4 members (excludes halogenated alkanes) is 2. The summed E-state index contributed by atoms with van der Waals surface area (Å²) >= 11 is 0. The molecular weight excluding hydrogens is 1070 g/mol. The first-order valence-corrected chi connectivity index (χ1v) is 25.7. The molecule has 5 fully saturated rings. The zero-order valence-electron chi connectivity index (χ0n) is 44.1. The Hall–Kier alpha value is -3.57. The van der Waals surface area contributed by atoms with Crippen molar-refractivity contribution in [1.82, 2.24) is 24.5 Å². The van der Waals surface area contributed by atoms with Crippen LogP contribution in [0.5, 0.6) is 0 Å². The molecule has 19 atom stereocenters. The fraction of sp³-hybridized carbons (Fsp3) is 0.891. The highest BCUT2D eigenvalue weighted by molar-refractivity contribution is 5.77. The summed E-state index contributed by atoms with van der Waals surface area (Å²) in [6, 6.07) is -4.46. The number of rotatable bonds is 20. The zero-order valence-corrected chi connectivity index (χ0v) is 44.1. The van der Waals surface area contributed by atoms with Crippen LogP contribution in [0, 0.1) is 0 Å². The van der Waals surface area contributed by atoms with Gasteiger partial charge in [0.05, 0.1) is 107 Å². The van der Waals surface area contributed by atoms with Crippen LogP contribution in [0.2, 0.25) is 0 Å². The fourth-order valence-corrected chi connectivity index (χ4v) is 9.27. The van der Waals surface area contributed by atoms with Crippen LogP contribution in [-0.4, -0.2) is 381 Å². The predicted molar refractivity (Wildman–Crippen MR) is 265 cm³/mol. The van der Waals surface area contributed by atoms with Gasteiger partial charge < -0.3 is 117 Å². The first-order valence-electron chi connectivity index (χ1n) is 25.7. The van der Waals surface area contributed by atoms with Crippen molar-refractivity contribution in [3.05, 3.63) is 0 Å². The third kappa shape index (κ3) is 22.6. The van der Waals surface area contributed by atoms with Crippen molar-refractivity contribution in [3.8, 4) is 0 Å². The molecule has 5 aliphatic heterocycles. The number of aliphatic hydroxyl groups excluding tert-OH is 18. The molecule has 0 amide bonds. The van der Waals surface area contributed by atoms with E-state index in [1.54, 1.807) is 4.90 Å². The number of carbonyl (C=O) groups excluding carboxylic acids is 1. The topological polar surface area (TPSA) is 556 Å². The molecule has 0 bridgehead atoms. The Balaban J connectivity index is 0.000000497. The molecule has 0 aliphatic carbocycles. The molecule has 0 unspecified atom stereocenters. The van der Waals surface area contributed by atoms with Gasteiger partial charge in [-0.2, -0.15) is 0 Å². The molecule has 33 heteroatoms. The minimum atomic E-state index is -1.56. The number of carboxylic acid groups (broad SMARTS) is 4. The summed E-state index contributed by atoms with van der Waals surface area (Å²) in [5.74, 6) is -4.97. The van der Waals surface area contributed by atoms with Crippen molar-refractivity contribution in [3.63, 3.8) is 0 Å². The van der Waals surface area contributed by atoms with Crippen molar-refractivity contribution >= 4 is 29.8 Å². The molecule has 0 aromatic heterocycles. The number of piperidine rings is 4. The van der Waals surface area contributed by atoms with E-state index in [1.165, 1.54) is 19.6 Å². The number of esters is 1. The number of hydrogen-bond acceptors (Lipinski definition) is 29. The van der Waals surface area contributed by atoms with Gasteiger partial charge in [0.15, 0.2) is 0 Å². The van der Waals surface area contributed by atoms with Gasteiger partial charge in [-0.05, 0) is 19.4 Å². The molecule has 0 aromatic rings. The van der Waals surface area contributed by atoms with Crippen LogP contribution in [0.25, 0.3) is 0 Å². The molecule has 5 saturated heterocycles. The number of hydrogen-bond donors (Lipinski definition) is 22. The Kier molecular flexibility index (Phi) is 34.2. The van der Waals surface area contributed by atoms with E-state index in [0.29, 0.717) is 13.2 Å². The van der Waals surface area contributed by atoms with Gasteiger partial charge in [0.25, 0.3) is 0 Å². The number of nitrogens with zero attached hydrogens (tertiary/aromatic N) is 5. The minimum absolute atomic E-state index is 0.0256. The number of carbonyl (C=O) groups is 5. The molecule has 0 saturated carbocycles. The standard InChI is InChI=1S/C14H27NO5.C9H17NO6.2C8H15NO6.C7H13NO5/c1-3-5-7-15-9-10(16)12(17)13(18)11(15)14(19)20-8-6-4-2;11-4-5-8(15)9(16)6(12)3-10(5)2-1-7(13)14;10-3-4-7(14)8(15)5(11)1-9(4)2-6(12)13;10-2-1-9-3-4(11)6(12)7(13)5(9)8(14)15;9-3-4-7(13)5(10)1-8(4)2-6(11)12/h10-13,16-18H,3-9H2,1-2H3;5-6,8-9,11-12,15-16H,1-4H2,(H,13,14);4-5,7-8,10-11,14-15H,1-3H2,(H,12,13);4-7,10-13H,1-3H2,(H,14,15);4-5,7,9-10,13H,1-3H2,(H,11,12)/t10-,11-,12+,13+;5-,6+,8-,9-;4-,5+,7-,8-;4-,5-,6+,7+;4-,5-,7-/m01101/s1. The van der Waals surface area contributed by atoms with E-state index in [-0.39, 0.29) is 72.0 Å². The average Bonchev–Trinajstić information content (AvgIpc) is 3.64. The lowest BCUT2D eigenvalue weighted by atomic mass is 9.93. The number of likely N-dealkylation sites (tertiary alicyclic amines) is 5. The highest BCUT2D eigenvalue weighted by Crippen LogP contribution is 2.24. The molecule has 22 N–H and O–H groups in total. The second kappa shape index (κ2) is 36.8. The van der Waals surface area contributed by atoms with Crippen LogP contribution >= 0.6 is 0 Å². The molecular formula is C46H87N5O28. The highest BCUT2D eigenvalue weighted by Gasteiger charge is 2.47. The van der Waals surface area contributed by atoms with Crippen LogP contribution in [0.15, 0.2) is 0 Å². The lowest BCUT2D eigenvalue weighted by Gasteiger charge is -2.42. The third-order valence-electron chi connectivity index (χ3n) is 13.8. The summed E-state index contributed by atoms with van der Waals surface area (Å²) < 4.78 is 5.15. The van der Waals surface area contributed by atoms with E-state index in [1.807, 2.05) is 13.8 Å². The Bertz CT molecular complexity index is 1780. The Labute approximate surface area is 454 Å². The third-order valence-corrected chi connectivity index (χ3v) is 13.8. The maximum Gasteiger partial charge on any atom is 0.326 e. The Morgan fingerprint density at radius 3 is 1.14 bits per heavy atom. The summed E-state index contributed by atoms with van der Waals surface area (Å²) in [6.45, 7) is 3.01. The van der Waals surface area contributed by atoms with E-state index in [4.69, 9.17) is 45.6 Å². The van der Waals surface area contributed by atoms with E-state index in [9.17, 15) is 95.5 Å². The average molecular weight is 1160 g/mol. The van der Waals surface area contributed by atoms with E-state index in [0.717, 1.165) is 25.7 Å². The Morgan fingerprint density at radius 2 is 0.759 bits per heavy atom. The van der Waals surface area contributed by atoms with Crippen LogP contribution in [-0.2, 0) is 28.7 Å². The van der Waals surface area contributed by atoms with Crippen molar-refractivity contribution in [2.45, 2.75) is 162 Å². The number of β-amino-alcohol motifs (C(OH)–C–C–N with tert-alkyl or cyclic N) is 6. The van der Waals surface area contributed by atoms with Crippen molar-refractivity contribution in [2.24, 2.45) is 0 Å². The van der Waals surface area contributed by atoms with E-state index >= 15 is 0 Å². The summed E-state index contributed by atoms with van der Waals surface area (Å²) in [7, 11) is 0. The second-order valence-electron chi connectivity index (χ2n) is 19.6. The summed E-state index contributed by atoms with van der Waals surface area (Å²) in [4.78, 5) is 61.1. The first kappa shape index (κ1) is 73.4. The van der Waals surface area contributed by atoms with Crippen molar-refractivity contribution in [1.29, 1.82) is 0 Å². The molecule has 464 valence electrons. The van der Waals surface area contributed by atoms with Gasteiger partial charge in [0.2, 0.25) is 0 Å². The fourth-order valence-electron chi connectivity index (χ4n) is 9.27. The molecule has 0 radical (unpaired) electrons. The molecule has 5 aliphatic rings. The quantitative estimate of drug-likeness (QED) is 0.0398. The summed E-state index contributed by atoms with van der Waals surface area (Å²) in [5, 5.41) is 203. The number of ether oxygens (including phenoxy) is 1. The smallest absolute Gasteiger partial charge is 0.326 e. The lowest BCUT2D eigenvalue weighted by molar-refractivity contribution is -0.176. The van der Waals surface area contributed by atoms with Crippen molar-refractivity contribution in [2.75, 3.05) is 98.5 Å². The number of carboxylic acids is 4. The Morgan fingerprint density at radius 1 is 0.405 bits per heavy atom. The molecule has 5 rings (SSSR count). The van der Waals surface area contributed by atoms with Gasteiger partial charge in [-0.1, -0.05) is 26.7 Å². The molecule has 5 heterocycles. The largest absolute Gasteiger partial charge is 0.481 e. The van der Waals surface area contributed by atoms with Crippen LogP contribution in [0.4, 0.5) is 0 Å².